The molecule has 0 saturated carbocycles. The zero-order valence-corrected chi connectivity index (χ0v) is 8.19. The van der Waals surface area contributed by atoms with E-state index < -0.39 is 0 Å². The molecule has 68 valence electrons. The van der Waals surface area contributed by atoms with Crippen LogP contribution < -0.4 is 5.73 Å². The number of anilines is 1. The van der Waals surface area contributed by atoms with Crippen LogP contribution in [0.3, 0.4) is 0 Å². The molecule has 0 amide bonds. The van der Waals surface area contributed by atoms with E-state index in [1.165, 1.54) is 0 Å². The number of aromatic amines is 1. The second kappa shape index (κ2) is 4.35. The van der Waals surface area contributed by atoms with Crippen molar-refractivity contribution in [1.82, 2.24) is 15.2 Å². The van der Waals surface area contributed by atoms with Crippen molar-refractivity contribution in [3.8, 4) is 0 Å². The molecule has 1 aromatic heterocycles. The van der Waals surface area contributed by atoms with Gasteiger partial charge in [-0.05, 0) is 12.8 Å². The van der Waals surface area contributed by atoms with Crippen LogP contribution in [-0.2, 0) is 0 Å². The van der Waals surface area contributed by atoms with Gasteiger partial charge in [-0.1, -0.05) is 25.6 Å². The largest absolute Gasteiger partial charge is 0.368 e. The first-order chi connectivity index (χ1) is 5.76. The van der Waals surface area contributed by atoms with Crippen LogP contribution in [0.25, 0.3) is 0 Å². The summed E-state index contributed by atoms with van der Waals surface area (Å²) < 4.78 is 0. The normalized spacial score (nSPS) is 10.9. The van der Waals surface area contributed by atoms with Crippen molar-refractivity contribution in [2.45, 2.75) is 37.1 Å². The molecular weight excluding hydrogens is 172 g/mol. The van der Waals surface area contributed by atoms with Gasteiger partial charge in [0.15, 0.2) is 0 Å². The van der Waals surface area contributed by atoms with Gasteiger partial charge in [0, 0.05) is 5.25 Å². The summed E-state index contributed by atoms with van der Waals surface area (Å²) in [7, 11) is 0. The third-order valence-electron chi connectivity index (χ3n) is 1.66. The van der Waals surface area contributed by atoms with Gasteiger partial charge >= 0.3 is 0 Å². The first-order valence-corrected chi connectivity index (χ1v) is 4.98. The van der Waals surface area contributed by atoms with E-state index in [2.05, 4.69) is 29.0 Å². The Hall–Kier alpha value is -0.710. The highest BCUT2D eigenvalue weighted by atomic mass is 32.2. The number of H-pyrrole nitrogens is 1. The molecule has 0 atom stereocenters. The minimum absolute atomic E-state index is 0.392. The van der Waals surface area contributed by atoms with Crippen molar-refractivity contribution in [3.05, 3.63) is 0 Å². The number of nitrogen functional groups attached to an aromatic ring is 1. The van der Waals surface area contributed by atoms with E-state index >= 15 is 0 Å². The molecule has 0 aliphatic carbocycles. The van der Waals surface area contributed by atoms with Gasteiger partial charge < -0.3 is 5.73 Å². The molecule has 0 spiro atoms. The molecule has 0 aliphatic heterocycles. The van der Waals surface area contributed by atoms with Crippen molar-refractivity contribution in [2.75, 3.05) is 5.73 Å². The molecule has 0 aromatic carbocycles. The lowest BCUT2D eigenvalue weighted by molar-refractivity contribution is 0.786. The molecule has 0 aliphatic rings. The lowest BCUT2D eigenvalue weighted by Crippen LogP contribution is -1.98. The Morgan fingerprint density at radius 2 is 2.17 bits per heavy atom. The molecule has 0 unspecified atom stereocenters. The zero-order valence-electron chi connectivity index (χ0n) is 7.37. The van der Waals surface area contributed by atoms with E-state index in [4.69, 9.17) is 5.73 Å². The maximum atomic E-state index is 5.39. The van der Waals surface area contributed by atoms with Gasteiger partial charge in [-0.2, -0.15) is 4.98 Å². The molecule has 4 nitrogen and oxygen atoms in total. The molecule has 0 saturated heterocycles. The number of nitrogens with two attached hydrogens (primary N) is 1. The fourth-order valence-corrected chi connectivity index (χ4v) is 1.80. The van der Waals surface area contributed by atoms with Crippen LogP contribution in [0.4, 0.5) is 5.95 Å². The minimum Gasteiger partial charge on any atom is -0.368 e. The van der Waals surface area contributed by atoms with E-state index in [0.29, 0.717) is 11.2 Å². The van der Waals surface area contributed by atoms with Crippen LogP contribution in [0.5, 0.6) is 0 Å². The van der Waals surface area contributed by atoms with Crippen LogP contribution in [0.15, 0.2) is 5.16 Å². The summed E-state index contributed by atoms with van der Waals surface area (Å²) in [5.41, 5.74) is 5.39. The summed E-state index contributed by atoms with van der Waals surface area (Å²) in [5, 5.41) is 7.92. The van der Waals surface area contributed by atoms with Crippen LogP contribution in [0.2, 0.25) is 0 Å². The van der Waals surface area contributed by atoms with E-state index in [0.717, 1.165) is 18.0 Å². The van der Waals surface area contributed by atoms with E-state index in [-0.39, 0.29) is 0 Å². The van der Waals surface area contributed by atoms with E-state index in [9.17, 15) is 0 Å². The van der Waals surface area contributed by atoms with E-state index in [1.807, 2.05) is 0 Å². The standard InChI is InChI=1S/C7H14N4S/c1-3-5(4-2)12-7-9-6(8)10-11-7/h5H,3-4H2,1-2H3,(H3,8,9,10,11). The summed E-state index contributed by atoms with van der Waals surface area (Å²) in [6.45, 7) is 4.33. The highest BCUT2D eigenvalue weighted by Crippen LogP contribution is 2.24. The lowest BCUT2D eigenvalue weighted by atomic mass is 10.3. The molecule has 1 rings (SSSR count). The van der Waals surface area contributed by atoms with Gasteiger partial charge in [0.2, 0.25) is 11.1 Å². The Balaban J connectivity index is 2.50. The topological polar surface area (TPSA) is 67.6 Å². The van der Waals surface area contributed by atoms with Crippen LogP contribution in [0, 0.1) is 0 Å². The quantitative estimate of drug-likeness (QED) is 0.702. The van der Waals surface area contributed by atoms with Gasteiger partial charge in [-0.25, -0.2) is 5.10 Å². The van der Waals surface area contributed by atoms with E-state index in [1.54, 1.807) is 11.8 Å². The molecule has 3 N–H and O–H groups in total. The van der Waals surface area contributed by atoms with Crippen LogP contribution in [-0.4, -0.2) is 20.4 Å². The highest BCUT2D eigenvalue weighted by molar-refractivity contribution is 7.99. The van der Waals surface area contributed by atoms with Gasteiger partial charge in [-0.15, -0.1) is 5.10 Å². The predicted molar refractivity (Wildman–Crippen MR) is 51.0 cm³/mol. The van der Waals surface area contributed by atoms with Crippen LogP contribution in [0.1, 0.15) is 26.7 Å². The van der Waals surface area contributed by atoms with Gasteiger partial charge in [-0.3, -0.25) is 0 Å². The maximum Gasteiger partial charge on any atom is 0.216 e. The average molecular weight is 186 g/mol. The fourth-order valence-electron chi connectivity index (χ4n) is 0.915. The third kappa shape index (κ3) is 2.41. The number of hydrogen-bond donors (Lipinski definition) is 2. The van der Waals surface area contributed by atoms with Gasteiger partial charge in [0.25, 0.3) is 0 Å². The second-order valence-corrected chi connectivity index (χ2v) is 3.83. The first-order valence-electron chi connectivity index (χ1n) is 4.10. The fraction of sp³-hybridized carbons (Fsp3) is 0.714. The maximum absolute atomic E-state index is 5.39. The molecule has 5 heteroatoms. The van der Waals surface area contributed by atoms with Crippen molar-refractivity contribution < 1.29 is 0 Å². The summed E-state index contributed by atoms with van der Waals surface area (Å²) in [4.78, 5) is 4.02. The molecule has 12 heavy (non-hydrogen) atoms. The third-order valence-corrected chi connectivity index (χ3v) is 3.06. The zero-order chi connectivity index (χ0) is 8.97. The molecule has 0 fully saturated rings. The molecule has 0 radical (unpaired) electrons. The smallest absolute Gasteiger partial charge is 0.216 e. The highest BCUT2D eigenvalue weighted by Gasteiger charge is 2.08. The van der Waals surface area contributed by atoms with Crippen molar-refractivity contribution in [3.63, 3.8) is 0 Å². The molecule has 1 heterocycles. The number of rotatable bonds is 4. The Labute approximate surface area is 76.3 Å². The van der Waals surface area contributed by atoms with Gasteiger partial charge in [0.1, 0.15) is 0 Å². The van der Waals surface area contributed by atoms with Crippen LogP contribution >= 0.6 is 11.8 Å². The Kier molecular flexibility index (Phi) is 3.40. The number of thioether (sulfide) groups is 1. The predicted octanol–water partition coefficient (Wildman–Crippen LogP) is 1.67. The Morgan fingerprint density at radius 1 is 1.50 bits per heavy atom. The summed E-state index contributed by atoms with van der Waals surface area (Å²) >= 11 is 1.68. The first kappa shape index (κ1) is 9.38. The average Bonchev–Trinajstić information content (AvgIpc) is 2.47. The number of nitrogens with zero attached hydrogens (tertiary/aromatic N) is 2. The monoisotopic (exact) mass is 186 g/mol. The number of hydrogen-bond acceptors (Lipinski definition) is 4. The summed E-state index contributed by atoms with van der Waals surface area (Å²) in [6, 6.07) is 0. The number of aromatic nitrogens is 3. The number of nitrogens with one attached hydrogen (secondary N) is 1. The molecule has 0 bridgehead atoms. The summed E-state index contributed by atoms with van der Waals surface area (Å²) in [5.74, 6) is 0.392. The summed E-state index contributed by atoms with van der Waals surface area (Å²) in [6.07, 6.45) is 2.27. The van der Waals surface area contributed by atoms with Crippen molar-refractivity contribution >= 4 is 17.7 Å². The second-order valence-electron chi connectivity index (χ2n) is 2.56. The SMILES string of the molecule is CCC(CC)Sc1n[nH]c(N)n1. The molecular formula is C7H14N4S. The molecule has 1 aromatic rings. The lowest BCUT2D eigenvalue weighted by Gasteiger charge is -2.07. The Bertz CT molecular complexity index is 231. The Morgan fingerprint density at radius 3 is 2.58 bits per heavy atom. The van der Waals surface area contributed by atoms with Gasteiger partial charge in [0.05, 0.1) is 0 Å². The van der Waals surface area contributed by atoms with Crippen molar-refractivity contribution in [2.24, 2.45) is 0 Å². The minimum atomic E-state index is 0.392. The van der Waals surface area contributed by atoms with Crippen molar-refractivity contribution in [1.29, 1.82) is 0 Å².